The quantitative estimate of drug-likeness (QED) is 0.307. The van der Waals surface area contributed by atoms with Gasteiger partial charge in [-0.15, -0.1) is 0 Å². The fourth-order valence-corrected chi connectivity index (χ4v) is 1.62. The minimum atomic E-state index is -0.495. The van der Waals surface area contributed by atoms with Crippen molar-refractivity contribution in [3.8, 4) is 11.8 Å². The monoisotopic (exact) mass is 289 g/mol. The van der Waals surface area contributed by atoms with Crippen molar-refractivity contribution in [2.24, 2.45) is 0 Å². The van der Waals surface area contributed by atoms with Gasteiger partial charge in [0.1, 0.15) is 17.4 Å². The number of aryl methyl sites for hydroxylation is 1. The van der Waals surface area contributed by atoms with E-state index in [1.807, 2.05) is 6.07 Å². The molecule has 0 atom stereocenters. The Morgan fingerprint density at radius 1 is 1.52 bits per heavy atom. The maximum absolute atomic E-state index is 12.0. The van der Waals surface area contributed by atoms with E-state index in [0.29, 0.717) is 24.4 Å². The molecular formula is C15H19N3O3. The van der Waals surface area contributed by atoms with E-state index in [4.69, 9.17) is 10.00 Å². The lowest BCUT2D eigenvalue weighted by Crippen LogP contribution is -2.18. The highest BCUT2D eigenvalue weighted by Crippen LogP contribution is 2.20. The standard InChI is InChI=1S/C15H19N3O3/c1-11-8-13(19)4-5-14(11)18-15(20)12(9-16)10-17-6-3-7-21-2/h4-5,8,10,17,19H,3,6-7H2,1-2H3,(H,18,20)/b12-10-. The van der Waals surface area contributed by atoms with E-state index in [-0.39, 0.29) is 11.3 Å². The van der Waals surface area contributed by atoms with Gasteiger partial charge in [-0.3, -0.25) is 4.79 Å². The van der Waals surface area contributed by atoms with Gasteiger partial charge >= 0.3 is 0 Å². The summed E-state index contributed by atoms with van der Waals surface area (Å²) in [6, 6.07) is 6.45. The second-order valence-electron chi connectivity index (χ2n) is 4.42. The van der Waals surface area contributed by atoms with Gasteiger partial charge in [0.25, 0.3) is 5.91 Å². The molecule has 112 valence electrons. The molecule has 1 rings (SSSR count). The van der Waals surface area contributed by atoms with Gasteiger partial charge in [-0.1, -0.05) is 0 Å². The van der Waals surface area contributed by atoms with Gasteiger partial charge in [0.05, 0.1) is 0 Å². The van der Waals surface area contributed by atoms with E-state index >= 15 is 0 Å². The molecule has 0 saturated carbocycles. The third-order valence-electron chi connectivity index (χ3n) is 2.74. The lowest BCUT2D eigenvalue weighted by molar-refractivity contribution is -0.112. The number of hydrogen-bond acceptors (Lipinski definition) is 5. The smallest absolute Gasteiger partial charge is 0.267 e. The van der Waals surface area contributed by atoms with Crippen molar-refractivity contribution in [2.45, 2.75) is 13.3 Å². The molecule has 0 radical (unpaired) electrons. The van der Waals surface area contributed by atoms with Crippen LogP contribution in [0.15, 0.2) is 30.0 Å². The first kappa shape index (κ1) is 16.5. The normalized spacial score (nSPS) is 10.8. The molecule has 0 spiro atoms. The van der Waals surface area contributed by atoms with E-state index in [2.05, 4.69) is 10.6 Å². The number of amides is 1. The predicted octanol–water partition coefficient (Wildman–Crippen LogP) is 1.67. The van der Waals surface area contributed by atoms with Crippen LogP contribution in [-0.4, -0.2) is 31.3 Å². The number of rotatable bonds is 7. The zero-order valence-electron chi connectivity index (χ0n) is 12.1. The summed E-state index contributed by atoms with van der Waals surface area (Å²) in [5.41, 5.74) is 1.26. The molecule has 0 aliphatic heterocycles. The van der Waals surface area contributed by atoms with Crippen molar-refractivity contribution < 1.29 is 14.6 Å². The predicted molar refractivity (Wildman–Crippen MR) is 79.7 cm³/mol. The zero-order chi connectivity index (χ0) is 15.7. The SMILES string of the molecule is COCCCN/C=C(/C#N)C(=O)Nc1ccc(O)cc1C. The summed E-state index contributed by atoms with van der Waals surface area (Å²) in [5, 5.41) is 23.9. The lowest BCUT2D eigenvalue weighted by Gasteiger charge is -2.08. The highest BCUT2D eigenvalue weighted by molar-refractivity contribution is 6.06. The van der Waals surface area contributed by atoms with E-state index in [0.717, 1.165) is 6.42 Å². The summed E-state index contributed by atoms with van der Waals surface area (Å²) in [7, 11) is 1.62. The third kappa shape index (κ3) is 5.55. The zero-order valence-corrected chi connectivity index (χ0v) is 12.1. The van der Waals surface area contributed by atoms with Crippen LogP contribution in [0.5, 0.6) is 5.75 Å². The van der Waals surface area contributed by atoms with Crippen molar-refractivity contribution in [3.63, 3.8) is 0 Å². The van der Waals surface area contributed by atoms with E-state index in [1.54, 1.807) is 20.1 Å². The molecule has 0 aromatic heterocycles. The van der Waals surface area contributed by atoms with Gasteiger partial charge < -0.3 is 20.5 Å². The lowest BCUT2D eigenvalue weighted by atomic mass is 10.2. The summed E-state index contributed by atoms with van der Waals surface area (Å²) < 4.78 is 4.90. The Morgan fingerprint density at radius 3 is 2.90 bits per heavy atom. The van der Waals surface area contributed by atoms with Crippen molar-refractivity contribution in [3.05, 3.63) is 35.5 Å². The number of hydrogen-bond donors (Lipinski definition) is 3. The van der Waals surface area contributed by atoms with Crippen molar-refractivity contribution in [1.82, 2.24) is 5.32 Å². The third-order valence-corrected chi connectivity index (χ3v) is 2.74. The van der Waals surface area contributed by atoms with Crippen LogP contribution >= 0.6 is 0 Å². The van der Waals surface area contributed by atoms with Gasteiger partial charge in [0.2, 0.25) is 0 Å². The largest absolute Gasteiger partial charge is 0.508 e. The highest BCUT2D eigenvalue weighted by atomic mass is 16.5. The molecule has 0 aliphatic carbocycles. The number of phenolic OH excluding ortho intramolecular Hbond substituents is 1. The molecular weight excluding hydrogens is 270 g/mol. The number of aromatic hydroxyl groups is 1. The number of phenols is 1. The number of ether oxygens (including phenoxy) is 1. The molecule has 21 heavy (non-hydrogen) atoms. The second kappa shape index (κ2) is 8.61. The first-order chi connectivity index (χ1) is 10.1. The van der Waals surface area contributed by atoms with E-state index in [1.165, 1.54) is 18.3 Å². The molecule has 1 aromatic rings. The van der Waals surface area contributed by atoms with Gasteiger partial charge in [-0.2, -0.15) is 5.26 Å². The number of methoxy groups -OCH3 is 1. The highest BCUT2D eigenvalue weighted by Gasteiger charge is 2.10. The summed E-state index contributed by atoms with van der Waals surface area (Å²) in [6.07, 6.45) is 2.17. The van der Waals surface area contributed by atoms with E-state index < -0.39 is 5.91 Å². The summed E-state index contributed by atoms with van der Waals surface area (Å²) in [6.45, 7) is 2.99. The van der Waals surface area contributed by atoms with Gasteiger partial charge in [-0.05, 0) is 37.1 Å². The molecule has 0 heterocycles. The van der Waals surface area contributed by atoms with Crippen LogP contribution in [0.3, 0.4) is 0 Å². The summed E-state index contributed by atoms with van der Waals surface area (Å²) in [5.74, 6) is -0.369. The number of benzene rings is 1. The minimum Gasteiger partial charge on any atom is -0.508 e. The molecule has 0 aliphatic rings. The average molecular weight is 289 g/mol. The van der Waals surface area contributed by atoms with E-state index in [9.17, 15) is 9.90 Å². The molecule has 0 fully saturated rings. The molecule has 0 saturated heterocycles. The van der Waals surface area contributed by atoms with Crippen LogP contribution in [0.1, 0.15) is 12.0 Å². The first-order valence-electron chi connectivity index (χ1n) is 6.52. The van der Waals surface area contributed by atoms with Crippen LogP contribution in [0.2, 0.25) is 0 Å². The summed E-state index contributed by atoms with van der Waals surface area (Å²) >= 11 is 0. The van der Waals surface area contributed by atoms with Crippen LogP contribution in [0.4, 0.5) is 5.69 Å². The number of nitrogens with zero attached hydrogens (tertiary/aromatic N) is 1. The van der Waals surface area contributed by atoms with Crippen LogP contribution in [0.25, 0.3) is 0 Å². The van der Waals surface area contributed by atoms with Crippen molar-refractivity contribution >= 4 is 11.6 Å². The Kier molecular flexibility index (Phi) is 6.78. The number of carbonyl (C=O) groups excluding carboxylic acids is 1. The second-order valence-corrected chi connectivity index (χ2v) is 4.42. The minimum absolute atomic E-state index is 0.0140. The fourth-order valence-electron chi connectivity index (χ4n) is 1.62. The fraction of sp³-hybridized carbons (Fsp3) is 0.333. The molecule has 0 unspecified atom stereocenters. The van der Waals surface area contributed by atoms with Crippen LogP contribution < -0.4 is 10.6 Å². The average Bonchev–Trinajstić information content (AvgIpc) is 2.45. The van der Waals surface area contributed by atoms with Gasteiger partial charge in [0.15, 0.2) is 0 Å². The molecule has 1 amide bonds. The molecule has 3 N–H and O–H groups in total. The molecule has 0 bridgehead atoms. The number of nitriles is 1. The van der Waals surface area contributed by atoms with Crippen LogP contribution in [0, 0.1) is 18.3 Å². The van der Waals surface area contributed by atoms with Gasteiger partial charge in [0, 0.05) is 32.1 Å². The maximum Gasteiger partial charge on any atom is 0.267 e. The Morgan fingerprint density at radius 2 is 2.29 bits per heavy atom. The Balaban J connectivity index is 2.63. The van der Waals surface area contributed by atoms with Crippen LogP contribution in [-0.2, 0) is 9.53 Å². The van der Waals surface area contributed by atoms with Crippen molar-refractivity contribution in [1.29, 1.82) is 5.26 Å². The number of carbonyl (C=O) groups is 1. The Labute approximate surface area is 124 Å². The Hall–Kier alpha value is -2.52. The first-order valence-corrected chi connectivity index (χ1v) is 6.52. The number of nitrogens with one attached hydrogen (secondary N) is 2. The number of anilines is 1. The maximum atomic E-state index is 12.0. The Bertz CT molecular complexity index is 562. The van der Waals surface area contributed by atoms with Crippen molar-refractivity contribution in [2.75, 3.05) is 25.6 Å². The molecule has 1 aromatic carbocycles. The molecule has 6 heteroatoms. The summed E-state index contributed by atoms with van der Waals surface area (Å²) in [4.78, 5) is 12.0. The topological polar surface area (TPSA) is 94.4 Å². The molecule has 6 nitrogen and oxygen atoms in total. The van der Waals surface area contributed by atoms with Gasteiger partial charge in [-0.25, -0.2) is 0 Å².